The Morgan fingerprint density at radius 3 is 2.31 bits per heavy atom. The van der Waals surface area contributed by atoms with Gasteiger partial charge in [-0.25, -0.2) is 4.98 Å². The molecule has 0 N–H and O–H groups in total. The van der Waals surface area contributed by atoms with E-state index in [9.17, 15) is 13.2 Å². The molecule has 0 fully saturated rings. The number of rotatable bonds is 4. The lowest BCUT2D eigenvalue weighted by Crippen LogP contribution is -2.03. The van der Waals surface area contributed by atoms with E-state index >= 15 is 0 Å². The molecule has 3 aromatic rings. The summed E-state index contributed by atoms with van der Waals surface area (Å²) in [6.07, 6.45) is 4.37. The highest BCUT2D eigenvalue weighted by Gasteiger charge is 2.31. The number of alkyl halides is 3. The van der Waals surface area contributed by atoms with Gasteiger partial charge in [0.05, 0.1) is 5.56 Å². The highest BCUT2D eigenvalue weighted by Crippen LogP contribution is 2.33. The van der Waals surface area contributed by atoms with Crippen LogP contribution >= 0.6 is 0 Å². The van der Waals surface area contributed by atoms with Gasteiger partial charge in [0.2, 0.25) is 5.89 Å². The van der Waals surface area contributed by atoms with Crippen LogP contribution in [0.2, 0.25) is 0 Å². The first kappa shape index (κ1) is 19.9. The van der Waals surface area contributed by atoms with Crippen LogP contribution in [0.3, 0.4) is 0 Å². The van der Waals surface area contributed by atoms with Crippen molar-refractivity contribution < 1.29 is 17.6 Å². The molecule has 0 radical (unpaired) electrons. The first-order valence-electron chi connectivity index (χ1n) is 8.75. The molecule has 2 heterocycles. The normalized spacial score (nSPS) is 11.3. The zero-order valence-corrected chi connectivity index (χ0v) is 15.2. The minimum atomic E-state index is -4.39. The molecule has 3 nitrogen and oxygen atoms in total. The molecule has 0 aliphatic rings. The van der Waals surface area contributed by atoms with Crippen LogP contribution in [-0.2, 0) is 6.18 Å². The van der Waals surface area contributed by atoms with Crippen LogP contribution in [0, 0.1) is 6.92 Å². The van der Waals surface area contributed by atoms with Crippen LogP contribution in [0.5, 0.6) is 0 Å². The maximum atomic E-state index is 12.6. The number of hydrogen-bond donors (Lipinski definition) is 0. The summed E-state index contributed by atoms with van der Waals surface area (Å²) in [6.45, 7) is 6.30. The maximum Gasteiger partial charge on any atom is 0.416 e. The molecule has 0 saturated carbocycles. The summed E-state index contributed by atoms with van der Waals surface area (Å²) < 4.78 is 43.4. The van der Waals surface area contributed by atoms with Gasteiger partial charge in [0, 0.05) is 18.0 Å². The molecule has 0 aliphatic heterocycles. The molecule has 3 rings (SSSR count). The fourth-order valence-electron chi connectivity index (χ4n) is 2.43. The van der Waals surface area contributed by atoms with Gasteiger partial charge in [0.25, 0.3) is 0 Å². The van der Waals surface area contributed by atoms with Crippen LogP contribution in [0.4, 0.5) is 13.2 Å². The lowest BCUT2D eigenvalue weighted by molar-refractivity contribution is -0.137. The lowest BCUT2D eigenvalue weighted by Gasteiger charge is -2.04. The Hall–Kier alpha value is -2.37. The van der Waals surface area contributed by atoms with Gasteiger partial charge < -0.3 is 4.42 Å². The van der Waals surface area contributed by atoms with Crippen LogP contribution in [-0.4, -0.2) is 9.97 Å². The number of unbranched alkanes of at least 4 members (excludes halogenated alkanes) is 3. The highest BCUT2D eigenvalue weighted by atomic mass is 19.4. The molecule has 0 saturated heterocycles. The summed E-state index contributed by atoms with van der Waals surface area (Å²) in [5.74, 6) is 0.291. The van der Waals surface area contributed by atoms with Crippen molar-refractivity contribution in [2.75, 3.05) is 0 Å². The van der Waals surface area contributed by atoms with Crippen molar-refractivity contribution in [3.63, 3.8) is 0 Å². The molecular weight excluding hydrogens is 341 g/mol. The van der Waals surface area contributed by atoms with Gasteiger partial charge >= 0.3 is 6.18 Å². The Labute approximate surface area is 151 Å². The lowest BCUT2D eigenvalue weighted by atomic mass is 10.1. The maximum absolute atomic E-state index is 12.6. The van der Waals surface area contributed by atoms with E-state index in [2.05, 4.69) is 23.8 Å². The molecule has 0 bridgehead atoms. The number of aromatic nitrogens is 2. The Kier molecular flexibility index (Phi) is 6.77. The van der Waals surface area contributed by atoms with Crippen molar-refractivity contribution in [1.29, 1.82) is 0 Å². The smallest absolute Gasteiger partial charge is 0.416 e. The number of nitrogens with zero attached hydrogens (tertiary/aromatic N) is 2. The molecule has 26 heavy (non-hydrogen) atoms. The number of hydrogen-bond acceptors (Lipinski definition) is 3. The molecule has 140 valence electrons. The van der Waals surface area contributed by atoms with Crippen molar-refractivity contribution >= 4 is 11.1 Å². The van der Waals surface area contributed by atoms with E-state index in [0.29, 0.717) is 17.0 Å². The predicted octanol–water partition coefficient (Wildman–Crippen LogP) is 6.80. The summed E-state index contributed by atoms with van der Waals surface area (Å²) in [5, 5.41) is 0. The second-order valence-electron chi connectivity index (χ2n) is 6.10. The molecule has 6 heteroatoms. The second kappa shape index (κ2) is 8.83. The molecule has 2 aromatic heterocycles. The number of pyridine rings is 1. The first-order valence-corrected chi connectivity index (χ1v) is 8.75. The van der Waals surface area contributed by atoms with Gasteiger partial charge in [0.1, 0.15) is 5.52 Å². The van der Waals surface area contributed by atoms with E-state index in [1.807, 2.05) is 6.92 Å². The van der Waals surface area contributed by atoms with Crippen LogP contribution in [0.1, 0.15) is 50.7 Å². The highest BCUT2D eigenvalue weighted by molar-refractivity contribution is 5.77. The zero-order chi connectivity index (χ0) is 19.2. The SMILES string of the molecule is CCCCCC.Cc1cnccc1-c1nc2cc(C(F)(F)F)ccc2o1. The number of aryl methyl sites for hydroxylation is 1. The Morgan fingerprint density at radius 2 is 1.73 bits per heavy atom. The van der Waals surface area contributed by atoms with Gasteiger partial charge in [-0.2, -0.15) is 13.2 Å². The van der Waals surface area contributed by atoms with Gasteiger partial charge in [-0.15, -0.1) is 0 Å². The van der Waals surface area contributed by atoms with Gasteiger partial charge in [-0.05, 0) is 36.8 Å². The largest absolute Gasteiger partial charge is 0.436 e. The van der Waals surface area contributed by atoms with E-state index in [-0.39, 0.29) is 5.52 Å². The Morgan fingerprint density at radius 1 is 1.04 bits per heavy atom. The van der Waals surface area contributed by atoms with Gasteiger partial charge in [-0.1, -0.05) is 39.5 Å². The molecule has 0 amide bonds. The monoisotopic (exact) mass is 364 g/mol. The van der Waals surface area contributed by atoms with Crippen molar-refractivity contribution in [2.45, 2.75) is 52.6 Å². The third-order valence-electron chi connectivity index (χ3n) is 3.92. The third kappa shape index (κ3) is 5.07. The van der Waals surface area contributed by atoms with E-state index in [4.69, 9.17) is 4.42 Å². The quantitative estimate of drug-likeness (QED) is 0.478. The van der Waals surface area contributed by atoms with E-state index in [1.54, 1.807) is 18.5 Å². The number of oxazole rings is 1. The zero-order valence-electron chi connectivity index (χ0n) is 15.2. The molecule has 0 unspecified atom stereocenters. The molecular formula is C20H23F3N2O. The predicted molar refractivity (Wildman–Crippen MR) is 96.8 cm³/mol. The fourth-order valence-corrected chi connectivity index (χ4v) is 2.43. The average Bonchev–Trinajstić information content (AvgIpc) is 3.03. The van der Waals surface area contributed by atoms with E-state index in [0.717, 1.165) is 17.7 Å². The Bertz CT molecular complexity index is 836. The van der Waals surface area contributed by atoms with E-state index in [1.165, 1.54) is 31.7 Å². The van der Waals surface area contributed by atoms with Crippen LogP contribution in [0.15, 0.2) is 41.1 Å². The molecule has 0 atom stereocenters. The number of benzene rings is 1. The first-order chi connectivity index (χ1) is 12.4. The summed E-state index contributed by atoms with van der Waals surface area (Å²) in [6, 6.07) is 4.96. The van der Waals surface area contributed by atoms with Crippen molar-refractivity contribution in [1.82, 2.24) is 9.97 Å². The van der Waals surface area contributed by atoms with Gasteiger partial charge in [-0.3, -0.25) is 4.98 Å². The minimum absolute atomic E-state index is 0.186. The Balaban J connectivity index is 0.000000352. The van der Waals surface area contributed by atoms with Crippen LogP contribution in [0.25, 0.3) is 22.6 Å². The van der Waals surface area contributed by atoms with Gasteiger partial charge in [0.15, 0.2) is 5.58 Å². The van der Waals surface area contributed by atoms with Crippen molar-refractivity contribution in [3.05, 3.63) is 47.8 Å². The van der Waals surface area contributed by atoms with E-state index < -0.39 is 11.7 Å². The van der Waals surface area contributed by atoms with Crippen molar-refractivity contribution in [3.8, 4) is 11.5 Å². The van der Waals surface area contributed by atoms with Crippen molar-refractivity contribution in [2.24, 2.45) is 0 Å². The topological polar surface area (TPSA) is 38.9 Å². The van der Waals surface area contributed by atoms with Crippen LogP contribution < -0.4 is 0 Å². The molecule has 1 aromatic carbocycles. The number of halogens is 3. The number of fused-ring (bicyclic) bond motifs is 1. The summed E-state index contributed by atoms with van der Waals surface area (Å²) >= 11 is 0. The third-order valence-corrected chi connectivity index (χ3v) is 3.92. The summed E-state index contributed by atoms with van der Waals surface area (Å²) in [4.78, 5) is 8.08. The second-order valence-corrected chi connectivity index (χ2v) is 6.10. The fraction of sp³-hybridized carbons (Fsp3) is 0.400. The summed E-state index contributed by atoms with van der Waals surface area (Å²) in [7, 11) is 0. The minimum Gasteiger partial charge on any atom is -0.436 e. The standard InChI is InChI=1S/C14H9F3N2O.C6H14/c1-8-7-18-5-4-10(8)13-19-11-6-9(14(15,16)17)2-3-12(11)20-13;1-3-5-6-4-2/h2-7H,1H3;3-6H2,1-2H3. The molecule has 0 aliphatic carbocycles. The molecule has 0 spiro atoms. The average molecular weight is 364 g/mol. The summed E-state index contributed by atoms with van der Waals surface area (Å²) in [5.41, 5.74) is 1.33.